The fourth-order valence-corrected chi connectivity index (χ4v) is 1.93. The topological polar surface area (TPSA) is 64.0 Å². The lowest BCUT2D eigenvalue weighted by molar-refractivity contribution is 0.592. The second-order valence-corrected chi connectivity index (χ2v) is 5.11. The van der Waals surface area contributed by atoms with Crippen molar-refractivity contribution in [1.29, 1.82) is 0 Å². The molecule has 0 fully saturated rings. The van der Waals surface area contributed by atoms with Gasteiger partial charge in [-0.05, 0) is 13.0 Å². The quantitative estimate of drug-likeness (QED) is 0.861. The van der Waals surface area contributed by atoms with Gasteiger partial charge in [0.1, 0.15) is 5.69 Å². The summed E-state index contributed by atoms with van der Waals surface area (Å²) in [7, 11) is -3.33. The van der Waals surface area contributed by atoms with Crippen LogP contribution in [0.5, 0.6) is 0 Å². The Hall–Kier alpha value is -1.49. The smallest absolute Gasteiger partial charge is 0.253 e. The van der Waals surface area contributed by atoms with Crippen molar-refractivity contribution in [3.05, 3.63) is 30.5 Å². The highest BCUT2D eigenvalue weighted by atomic mass is 32.2. The van der Waals surface area contributed by atoms with Crippen molar-refractivity contribution in [2.75, 3.05) is 5.75 Å². The minimum absolute atomic E-state index is 0.0203. The van der Waals surface area contributed by atoms with E-state index in [0.717, 1.165) is 10.9 Å². The number of benzene rings is 1. The van der Waals surface area contributed by atoms with Crippen LogP contribution in [0.15, 0.2) is 30.5 Å². The molecule has 1 aromatic carbocycles. The Labute approximate surface area is 88.4 Å². The predicted octanol–water partition coefficient (Wildman–Crippen LogP) is 1.75. The summed E-state index contributed by atoms with van der Waals surface area (Å²) in [5.41, 5.74) is 1.37. The van der Waals surface area contributed by atoms with Gasteiger partial charge in [-0.3, -0.25) is 0 Å². The number of hydrogen-bond acceptors (Lipinski definition) is 2. The molecule has 0 saturated heterocycles. The van der Waals surface area contributed by atoms with Gasteiger partial charge in [0.25, 0.3) is 10.0 Å². The van der Waals surface area contributed by atoms with E-state index in [1.165, 1.54) is 0 Å². The second-order valence-electron chi connectivity index (χ2n) is 3.18. The average molecular weight is 223 g/mol. The van der Waals surface area contributed by atoms with Gasteiger partial charge in [-0.25, -0.2) is 8.42 Å². The molecule has 0 atom stereocenters. The lowest BCUT2D eigenvalue weighted by Gasteiger charge is -1.99. The SMILES string of the molecule is CCS(=O)(=O)[N]c1c[nH]c2ccccc12. The van der Waals surface area contributed by atoms with Crippen LogP contribution in [-0.2, 0) is 10.0 Å². The highest BCUT2D eigenvalue weighted by Crippen LogP contribution is 2.23. The first-order valence-electron chi connectivity index (χ1n) is 4.64. The van der Waals surface area contributed by atoms with Crippen LogP contribution >= 0.6 is 0 Å². The second kappa shape index (κ2) is 3.58. The Morgan fingerprint density at radius 1 is 1.33 bits per heavy atom. The van der Waals surface area contributed by atoms with Gasteiger partial charge < -0.3 is 4.98 Å². The summed E-state index contributed by atoms with van der Waals surface area (Å²) < 4.78 is 26.4. The number of fused-ring (bicyclic) bond motifs is 1. The summed E-state index contributed by atoms with van der Waals surface area (Å²) in [4.78, 5) is 2.98. The molecule has 0 saturated carbocycles. The molecule has 15 heavy (non-hydrogen) atoms. The normalized spacial score (nSPS) is 11.8. The number of aromatic amines is 1. The Morgan fingerprint density at radius 3 is 2.80 bits per heavy atom. The number of rotatable bonds is 3. The van der Waals surface area contributed by atoms with Gasteiger partial charge in [-0.1, -0.05) is 18.2 Å². The molecule has 4 nitrogen and oxygen atoms in total. The highest BCUT2D eigenvalue weighted by molar-refractivity contribution is 7.89. The van der Waals surface area contributed by atoms with Gasteiger partial charge >= 0.3 is 0 Å². The van der Waals surface area contributed by atoms with E-state index in [-0.39, 0.29) is 5.75 Å². The molecule has 0 aliphatic rings. The van der Waals surface area contributed by atoms with Crippen molar-refractivity contribution >= 4 is 26.6 Å². The number of aromatic nitrogens is 1. The van der Waals surface area contributed by atoms with Crippen LogP contribution in [0.4, 0.5) is 5.69 Å². The van der Waals surface area contributed by atoms with Crippen LogP contribution in [0.3, 0.4) is 0 Å². The van der Waals surface area contributed by atoms with Gasteiger partial charge in [-0.2, -0.15) is 4.72 Å². The van der Waals surface area contributed by atoms with Crippen LogP contribution in [0.2, 0.25) is 0 Å². The molecule has 1 aromatic heterocycles. The number of H-pyrrole nitrogens is 1. The summed E-state index contributed by atoms with van der Waals surface area (Å²) in [6, 6.07) is 7.47. The summed E-state index contributed by atoms with van der Waals surface area (Å²) in [5, 5.41) is 0.828. The Balaban J connectivity index is 2.46. The van der Waals surface area contributed by atoms with E-state index in [0.29, 0.717) is 5.69 Å². The van der Waals surface area contributed by atoms with Gasteiger partial charge in [0, 0.05) is 17.1 Å². The average Bonchev–Trinajstić information content (AvgIpc) is 2.62. The minimum atomic E-state index is -3.33. The summed E-state index contributed by atoms with van der Waals surface area (Å²) in [6.45, 7) is 1.58. The third-order valence-corrected chi connectivity index (χ3v) is 3.37. The maximum absolute atomic E-state index is 11.3. The van der Waals surface area contributed by atoms with E-state index in [4.69, 9.17) is 0 Å². The Kier molecular flexibility index (Phi) is 2.40. The van der Waals surface area contributed by atoms with Crippen molar-refractivity contribution in [3.8, 4) is 0 Å². The fraction of sp³-hybridized carbons (Fsp3) is 0.200. The molecule has 1 radical (unpaired) electrons. The van der Waals surface area contributed by atoms with E-state index < -0.39 is 10.0 Å². The standard InChI is InChI=1S/C10H11N2O2S/c1-2-15(13,14)12-10-7-11-9-6-4-3-5-8(9)10/h3-7,11H,2H2,1H3. The number of nitrogens with one attached hydrogen (secondary N) is 1. The van der Waals surface area contributed by atoms with Gasteiger partial charge in [-0.15, -0.1) is 0 Å². The van der Waals surface area contributed by atoms with Crippen LogP contribution < -0.4 is 4.72 Å². The van der Waals surface area contributed by atoms with E-state index in [1.54, 1.807) is 13.1 Å². The van der Waals surface area contributed by atoms with Crippen LogP contribution in [-0.4, -0.2) is 19.2 Å². The predicted molar refractivity (Wildman–Crippen MR) is 59.6 cm³/mol. The number of sulfonamides is 1. The number of para-hydroxylation sites is 1. The zero-order chi connectivity index (χ0) is 10.9. The van der Waals surface area contributed by atoms with E-state index in [1.807, 2.05) is 24.3 Å². The zero-order valence-electron chi connectivity index (χ0n) is 8.27. The molecule has 0 amide bonds. The van der Waals surface area contributed by atoms with Crippen molar-refractivity contribution < 1.29 is 8.42 Å². The largest absolute Gasteiger partial charge is 0.359 e. The summed E-state index contributed by atoms with van der Waals surface area (Å²) >= 11 is 0. The van der Waals surface area contributed by atoms with Crippen molar-refractivity contribution in [3.63, 3.8) is 0 Å². The fourth-order valence-electron chi connectivity index (χ4n) is 1.35. The molecule has 2 aromatic rings. The first kappa shape index (κ1) is 10.0. The van der Waals surface area contributed by atoms with Crippen molar-refractivity contribution in [1.82, 2.24) is 9.71 Å². The molecule has 79 valence electrons. The lowest BCUT2D eigenvalue weighted by Crippen LogP contribution is -2.13. The highest BCUT2D eigenvalue weighted by Gasteiger charge is 2.12. The maximum atomic E-state index is 11.3. The Morgan fingerprint density at radius 2 is 2.07 bits per heavy atom. The van der Waals surface area contributed by atoms with Crippen LogP contribution in [0, 0.1) is 0 Å². The minimum Gasteiger partial charge on any atom is -0.359 e. The summed E-state index contributed by atoms with van der Waals surface area (Å²) in [6.07, 6.45) is 1.61. The lowest BCUT2D eigenvalue weighted by atomic mass is 10.2. The van der Waals surface area contributed by atoms with E-state index >= 15 is 0 Å². The molecule has 0 unspecified atom stereocenters. The molecule has 0 bridgehead atoms. The summed E-state index contributed by atoms with van der Waals surface area (Å²) in [5.74, 6) is 0.0203. The van der Waals surface area contributed by atoms with Crippen molar-refractivity contribution in [2.45, 2.75) is 6.92 Å². The molecule has 0 aliphatic carbocycles. The molecule has 0 spiro atoms. The van der Waals surface area contributed by atoms with E-state index in [2.05, 4.69) is 9.71 Å². The molecule has 1 heterocycles. The molecule has 1 N–H and O–H groups in total. The maximum Gasteiger partial charge on any atom is 0.253 e. The molecule has 5 heteroatoms. The first-order chi connectivity index (χ1) is 7.12. The van der Waals surface area contributed by atoms with Crippen LogP contribution in [0.25, 0.3) is 10.9 Å². The third kappa shape index (κ3) is 1.97. The van der Waals surface area contributed by atoms with E-state index in [9.17, 15) is 8.42 Å². The molecular weight excluding hydrogens is 212 g/mol. The third-order valence-electron chi connectivity index (χ3n) is 2.17. The van der Waals surface area contributed by atoms with Crippen molar-refractivity contribution in [2.24, 2.45) is 0 Å². The Bertz CT molecular complexity index is 572. The van der Waals surface area contributed by atoms with Gasteiger partial charge in [0.05, 0.1) is 5.75 Å². The van der Waals surface area contributed by atoms with Gasteiger partial charge in [0.15, 0.2) is 0 Å². The first-order valence-corrected chi connectivity index (χ1v) is 6.25. The molecule has 2 rings (SSSR count). The zero-order valence-corrected chi connectivity index (χ0v) is 9.08. The number of hydrogen-bond donors (Lipinski definition) is 1. The molecule has 0 aliphatic heterocycles. The van der Waals surface area contributed by atoms with Crippen LogP contribution in [0.1, 0.15) is 6.92 Å². The monoisotopic (exact) mass is 223 g/mol. The van der Waals surface area contributed by atoms with Gasteiger partial charge in [0.2, 0.25) is 0 Å². The molecular formula is C10H11N2O2S. The number of nitrogens with zero attached hydrogens (tertiary/aromatic N) is 1.